The molecule has 1 aromatic carbocycles. The van der Waals surface area contributed by atoms with Crippen LogP contribution in [-0.4, -0.2) is 18.5 Å². The predicted octanol–water partition coefficient (Wildman–Crippen LogP) is 1.36. The first-order valence-corrected chi connectivity index (χ1v) is 5.80. The fourth-order valence-electron chi connectivity index (χ4n) is 1.59. The van der Waals surface area contributed by atoms with Crippen LogP contribution < -0.4 is 10.6 Å². The molecular formula is C13H18N2O. The molecule has 0 radical (unpaired) electrons. The Morgan fingerprint density at radius 1 is 1.38 bits per heavy atom. The molecule has 2 N–H and O–H groups in total. The Bertz CT molecular complexity index is 372. The minimum atomic E-state index is 0.0788. The quantitative estimate of drug-likeness (QED) is 0.783. The van der Waals surface area contributed by atoms with E-state index >= 15 is 0 Å². The third-order valence-electron chi connectivity index (χ3n) is 2.87. The molecule has 0 saturated heterocycles. The molecule has 0 aliphatic heterocycles. The Morgan fingerprint density at radius 2 is 2.12 bits per heavy atom. The van der Waals surface area contributed by atoms with Crippen LogP contribution in [0.25, 0.3) is 0 Å². The van der Waals surface area contributed by atoms with Crippen molar-refractivity contribution in [2.75, 3.05) is 6.54 Å². The van der Waals surface area contributed by atoms with Crippen LogP contribution in [0, 0.1) is 6.92 Å². The first kappa shape index (κ1) is 11.1. The zero-order valence-corrected chi connectivity index (χ0v) is 9.62. The van der Waals surface area contributed by atoms with E-state index in [4.69, 9.17) is 0 Å². The maximum Gasteiger partial charge on any atom is 0.234 e. The second-order valence-corrected chi connectivity index (χ2v) is 4.36. The number of hydrogen-bond donors (Lipinski definition) is 2. The van der Waals surface area contributed by atoms with Crippen molar-refractivity contribution in [3.05, 3.63) is 35.4 Å². The zero-order valence-electron chi connectivity index (χ0n) is 9.62. The van der Waals surface area contributed by atoms with E-state index in [-0.39, 0.29) is 5.91 Å². The summed E-state index contributed by atoms with van der Waals surface area (Å²) in [4.78, 5) is 11.5. The van der Waals surface area contributed by atoms with Crippen molar-refractivity contribution in [1.29, 1.82) is 0 Å². The molecule has 0 spiro atoms. The normalized spacial score (nSPS) is 14.8. The molecule has 0 unspecified atom stereocenters. The molecule has 2 rings (SSSR count). The smallest absolute Gasteiger partial charge is 0.234 e. The number of carbonyl (C=O) groups excluding carboxylic acids is 1. The topological polar surface area (TPSA) is 41.1 Å². The molecule has 0 heterocycles. The molecule has 1 aromatic rings. The number of benzene rings is 1. The van der Waals surface area contributed by atoms with Crippen molar-refractivity contribution in [3.63, 3.8) is 0 Å². The van der Waals surface area contributed by atoms with E-state index in [1.807, 2.05) is 18.2 Å². The van der Waals surface area contributed by atoms with E-state index in [0.29, 0.717) is 19.1 Å². The molecular weight excluding hydrogens is 200 g/mol. The van der Waals surface area contributed by atoms with Crippen LogP contribution >= 0.6 is 0 Å². The van der Waals surface area contributed by atoms with Crippen molar-refractivity contribution in [2.45, 2.75) is 32.4 Å². The van der Waals surface area contributed by atoms with Crippen LogP contribution in [0.2, 0.25) is 0 Å². The molecule has 0 aromatic heterocycles. The lowest BCUT2D eigenvalue weighted by atomic mass is 10.1. The molecule has 16 heavy (non-hydrogen) atoms. The van der Waals surface area contributed by atoms with E-state index < -0.39 is 0 Å². The molecule has 1 saturated carbocycles. The summed E-state index contributed by atoms with van der Waals surface area (Å²) in [7, 11) is 0. The van der Waals surface area contributed by atoms with Crippen molar-refractivity contribution >= 4 is 5.91 Å². The summed E-state index contributed by atoms with van der Waals surface area (Å²) in [6.07, 6.45) is 2.43. The average Bonchev–Trinajstić information content (AvgIpc) is 3.09. The van der Waals surface area contributed by atoms with E-state index in [0.717, 1.165) is 0 Å². The van der Waals surface area contributed by atoms with Crippen molar-refractivity contribution in [2.24, 2.45) is 0 Å². The summed E-state index contributed by atoms with van der Waals surface area (Å²) in [5, 5.41) is 6.12. The molecule has 1 aliphatic carbocycles. The van der Waals surface area contributed by atoms with Gasteiger partial charge in [-0.3, -0.25) is 4.79 Å². The Morgan fingerprint density at radius 3 is 2.81 bits per heavy atom. The Kier molecular flexibility index (Phi) is 3.57. The molecule has 1 aliphatic rings. The van der Waals surface area contributed by atoms with Crippen LogP contribution in [0.15, 0.2) is 24.3 Å². The van der Waals surface area contributed by atoms with Gasteiger partial charge in [-0.05, 0) is 30.9 Å². The van der Waals surface area contributed by atoms with Gasteiger partial charge in [-0.2, -0.15) is 0 Å². The van der Waals surface area contributed by atoms with Gasteiger partial charge in [0.15, 0.2) is 0 Å². The summed E-state index contributed by atoms with van der Waals surface area (Å²) in [5.74, 6) is 0.0788. The maximum absolute atomic E-state index is 11.5. The predicted molar refractivity (Wildman–Crippen MR) is 64.1 cm³/mol. The van der Waals surface area contributed by atoms with E-state index in [1.165, 1.54) is 24.0 Å². The minimum Gasteiger partial charge on any atom is -0.351 e. The van der Waals surface area contributed by atoms with Crippen molar-refractivity contribution < 1.29 is 4.79 Å². The third-order valence-corrected chi connectivity index (χ3v) is 2.87. The van der Waals surface area contributed by atoms with Crippen molar-refractivity contribution in [1.82, 2.24) is 10.6 Å². The number of amides is 1. The largest absolute Gasteiger partial charge is 0.351 e. The summed E-state index contributed by atoms with van der Waals surface area (Å²) < 4.78 is 0. The fourth-order valence-corrected chi connectivity index (χ4v) is 1.59. The molecule has 3 heteroatoms. The molecule has 0 bridgehead atoms. The monoisotopic (exact) mass is 218 g/mol. The second-order valence-electron chi connectivity index (χ2n) is 4.36. The van der Waals surface area contributed by atoms with Gasteiger partial charge >= 0.3 is 0 Å². The first-order chi connectivity index (χ1) is 7.75. The minimum absolute atomic E-state index is 0.0788. The Labute approximate surface area is 96.2 Å². The second kappa shape index (κ2) is 5.12. The number of nitrogens with one attached hydrogen (secondary N) is 2. The third kappa shape index (κ3) is 3.35. The number of rotatable bonds is 5. The van der Waals surface area contributed by atoms with Crippen LogP contribution in [-0.2, 0) is 11.3 Å². The molecule has 1 amide bonds. The molecule has 1 fully saturated rings. The number of aryl methyl sites for hydroxylation is 1. The van der Waals surface area contributed by atoms with Gasteiger partial charge in [-0.15, -0.1) is 0 Å². The van der Waals surface area contributed by atoms with Crippen LogP contribution in [0.3, 0.4) is 0 Å². The number of carbonyl (C=O) groups is 1. The summed E-state index contributed by atoms with van der Waals surface area (Å²) in [6, 6.07) is 8.70. The van der Waals surface area contributed by atoms with Gasteiger partial charge in [0.05, 0.1) is 6.54 Å². The van der Waals surface area contributed by atoms with Crippen LogP contribution in [0.5, 0.6) is 0 Å². The summed E-state index contributed by atoms with van der Waals surface area (Å²) in [6.45, 7) is 3.12. The van der Waals surface area contributed by atoms with Gasteiger partial charge in [0.2, 0.25) is 5.91 Å². The highest BCUT2D eigenvalue weighted by atomic mass is 16.1. The first-order valence-electron chi connectivity index (χ1n) is 5.80. The fraction of sp³-hybridized carbons (Fsp3) is 0.462. The SMILES string of the molecule is Cc1ccccc1CNC(=O)CNC1CC1. The highest BCUT2D eigenvalue weighted by Gasteiger charge is 2.20. The zero-order chi connectivity index (χ0) is 11.4. The molecule has 0 atom stereocenters. The lowest BCUT2D eigenvalue weighted by Crippen LogP contribution is -2.34. The lowest BCUT2D eigenvalue weighted by Gasteiger charge is -2.08. The van der Waals surface area contributed by atoms with E-state index in [9.17, 15) is 4.79 Å². The van der Waals surface area contributed by atoms with Crippen LogP contribution in [0.1, 0.15) is 24.0 Å². The van der Waals surface area contributed by atoms with Gasteiger partial charge in [0.1, 0.15) is 0 Å². The number of hydrogen-bond acceptors (Lipinski definition) is 2. The Balaban J connectivity index is 1.73. The van der Waals surface area contributed by atoms with Crippen molar-refractivity contribution in [3.8, 4) is 0 Å². The average molecular weight is 218 g/mol. The van der Waals surface area contributed by atoms with Gasteiger partial charge in [0, 0.05) is 12.6 Å². The van der Waals surface area contributed by atoms with Gasteiger partial charge in [0.25, 0.3) is 0 Å². The van der Waals surface area contributed by atoms with E-state index in [2.05, 4.69) is 23.6 Å². The highest BCUT2D eigenvalue weighted by Crippen LogP contribution is 2.17. The summed E-state index contributed by atoms with van der Waals surface area (Å²) >= 11 is 0. The molecule has 86 valence electrons. The highest BCUT2D eigenvalue weighted by molar-refractivity contribution is 5.78. The van der Waals surface area contributed by atoms with Gasteiger partial charge in [-0.1, -0.05) is 24.3 Å². The molecule has 3 nitrogen and oxygen atoms in total. The van der Waals surface area contributed by atoms with E-state index in [1.54, 1.807) is 0 Å². The summed E-state index contributed by atoms with van der Waals surface area (Å²) in [5.41, 5.74) is 2.40. The standard InChI is InChI=1S/C13H18N2O/c1-10-4-2-3-5-11(10)8-15-13(16)9-14-12-6-7-12/h2-5,12,14H,6-9H2,1H3,(H,15,16). The lowest BCUT2D eigenvalue weighted by molar-refractivity contribution is -0.120. The van der Waals surface area contributed by atoms with Gasteiger partial charge < -0.3 is 10.6 Å². The Hall–Kier alpha value is -1.35. The van der Waals surface area contributed by atoms with Gasteiger partial charge in [-0.25, -0.2) is 0 Å². The maximum atomic E-state index is 11.5. The van der Waals surface area contributed by atoms with Crippen LogP contribution in [0.4, 0.5) is 0 Å².